The van der Waals surface area contributed by atoms with E-state index in [1.54, 1.807) is 11.9 Å². The van der Waals surface area contributed by atoms with Crippen LogP contribution in [0.4, 0.5) is 8.78 Å². The van der Waals surface area contributed by atoms with Crippen LogP contribution in [0.2, 0.25) is 0 Å². The summed E-state index contributed by atoms with van der Waals surface area (Å²) in [6.07, 6.45) is 8.35. The number of Topliss-reactive ketones (excluding diaryl/α,β-unsaturated/α-hetero) is 1. The van der Waals surface area contributed by atoms with Crippen molar-refractivity contribution in [2.24, 2.45) is 11.8 Å². The molecule has 2 aliphatic heterocycles. The molecule has 0 spiro atoms. The molecule has 3 aliphatic rings. The van der Waals surface area contributed by atoms with E-state index in [0.717, 1.165) is 75.7 Å². The van der Waals surface area contributed by atoms with Gasteiger partial charge < -0.3 is 9.64 Å². The summed E-state index contributed by atoms with van der Waals surface area (Å²) in [4.78, 5) is 34.0. The van der Waals surface area contributed by atoms with Crippen molar-refractivity contribution >= 4 is 23.0 Å². The number of likely N-dealkylation sites (tertiary alicyclic amines) is 1. The Morgan fingerprint density at radius 2 is 1.91 bits per heavy atom. The van der Waals surface area contributed by atoms with Gasteiger partial charge in [-0.2, -0.15) is 0 Å². The van der Waals surface area contributed by atoms with E-state index in [1.807, 2.05) is 0 Å². The Kier molecular flexibility index (Phi) is 7.68. The highest BCUT2D eigenvalue weighted by atomic mass is 32.1. The molecule has 1 aromatic rings. The van der Waals surface area contributed by atoms with Crippen LogP contribution in [0.3, 0.4) is 0 Å². The minimum atomic E-state index is -2.85. The maximum absolute atomic E-state index is 13.0. The Morgan fingerprint density at radius 1 is 1.18 bits per heavy atom. The van der Waals surface area contributed by atoms with Gasteiger partial charge in [-0.1, -0.05) is 24.2 Å². The van der Waals surface area contributed by atoms with E-state index in [2.05, 4.69) is 9.88 Å². The van der Waals surface area contributed by atoms with Gasteiger partial charge in [-0.25, -0.2) is 13.8 Å². The second-order valence-corrected chi connectivity index (χ2v) is 11.2. The maximum Gasteiger partial charge on any atom is 0.278 e. The fourth-order valence-corrected chi connectivity index (χ4v) is 6.27. The maximum atomic E-state index is 13.0. The minimum Gasteiger partial charge on any atom is -0.464 e. The Labute approximate surface area is 198 Å². The van der Waals surface area contributed by atoms with E-state index in [1.165, 1.54) is 11.3 Å². The van der Waals surface area contributed by atoms with Crippen molar-refractivity contribution in [2.75, 3.05) is 26.7 Å². The van der Waals surface area contributed by atoms with Crippen LogP contribution in [0.1, 0.15) is 68.9 Å². The number of thiazole rings is 1. The summed E-state index contributed by atoms with van der Waals surface area (Å²) in [6.45, 7) is 2.96. The number of halogens is 2. The zero-order chi connectivity index (χ0) is 23.6. The highest BCUT2D eigenvalue weighted by Gasteiger charge is 2.34. The van der Waals surface area contributed by atoms with Gasteiger partial charge in [-0.3, -0.25) is 14.5 Å². The summed E-state index contributed by atoms with van der Waals surface area (Å²) in [5, 5.41) is 0.351. The minimum absolute atomic E-state index is 0.0887. The monoisotopic (exact) mass is 483 g/mol. The first-order valence-corrected chi connectivity index (χ1v) is 13.0. The van der Waals surface area contributed by atoms with Gasteiger partial charge in [-0.15, -0.1) is 0 Å². The summed E-state index contributed by atoms with van der Waals surface area (Å²) >= 11 is 1.40. The van der Waals surface area contributed by atoms with Crippen molar-refractivity contribution in [1.82, 2.24) is 14.8 Å². The van der Waals surface area contributed by atoms with Crippen molar-refractivity contribution < 1.29 is 23.1 Å². The topological polar surface area (TPSA) is 62.7 Å². The number of nitrogens with zero attached hydrogens (tertiary/aromatic N) is 3. The van der Waals surface area contributed by atoms with Gasteiger partial charge >= 0.3 is 0 Å². The van der Waals surface area contributed by atoms with E-state index >= 15 is 0 Å². The summed E-state index contributed by atoms with van der Waals surface area (Å²) < 4.78 is 31.3. The average Bonchev–Trinajstić information content (AvgIpc) is 3.33. The Bertz CT molecular complexity index is 848. The number of hydrogen-bond acceptors (Lipinski definition) is 6. The molecule has 1 saturated carbocycles. The molecule has 3 heterocycles. The molecule has 6 nitrogen and oxygen atoms in total. The molecule has 4 rings (SSSR count). The van der Waals surface area contributed by atoms with Gasteiger partial charge in [0, 0.05) is 44.8 Å². The number of alkyl halides is 2. The van der Waals surface area contributed by atoms with Gasteiger partial charge in [0.2, 0.25) is 5.91 Å². The van der Waals surface area contributed by atoms with Crippen LogP contribution in [0, 0.1) is 11.8 Å². The third-order valence-corrected chi connectivity index (χ3v) is 8.48. The van der Waals surface area contributed by atoms with E-state index in [0.29, 0.717) is 36.3 Å². The second kappa shape index (κ2) is 10.3. The first-order chi connectivity index (χ1) is 15.7. The summed E-state index contributed by atoms with van der Waals surface area (Å²) in [5.41, 5.74) is 0.971. The molecule has 0 bridgehead atoms. The zero-order valence-electron chi connectivity index (χ0n) is 19.7. The second-order valence-electron chi connectivity index (χ2n) is 10.1. The molecule has 2 fully saturated rings. The fraction of sp³-hybridized carbons (Fsp3) is 0.792. The molecule has 0 N–H and O–H groups in total. The van der Waals surface area contributed by atoms with Crippen molar-refractivity contribution in [3.63, 3.8) is 0 Å². The number of fused-ring (bicyclic) bond motifs is 1. The number of carbonyl (C=O) groups excluding carboxylic acids is 2. The summed E-state index contributed by atoms with van der Waals surface area (Å²) in [7, 11) is 1.75. The molecule has 1 amide bonds. The van der Waals surface area contributed by atoms with Gasteiger partial charge in [0.25, 0.3) is 11.1 Å². The third-order valence-electron chi connectivity index (χ3n) is 7.41. The number of likely N-dealkylation sites (N-methyl/N-ethyl adjacent to an activating group) is 1. The van der Waals surface area contributed by atoms with Crippen molar-refractivity contribution in [2.45, 2.75) is 83.2 Å². The number of aromatic nitrogens is 1. The molecular weight excluding hydrogens is 448 g/mol. The number of ether oxygens (including phenoxy) is 1. The van der Waals surface area contributed by atoms with Gasteiger partial charge in [0.15, 0.2) is 12.4 Å². The van der Waals surface area contributed by atoms with Gasteiger partial charge in [-0.05, 0) is 50.5 Å². The van der Waals surface area contributed by atoms with Crippen LogP contribution in [0.15, 0.2) is 0 Å². The highest BCUT2D eigenvalue weighted by molar-refractivity contribution is 7.13. The van der Waals surface area contributed by atoms with Crippen LogP contribution in [0.5, 0.6) is 5.19 Å². The fourth-order valence-electron chi connectivity index (χ4n) is 5.36. The van der Waals surface area contributed by atoms with Gasteiger partial charge in [0.1, 0.15) is 0 Å². The molecule has 1 saturated heterocycles. The predicted molar refractivity (Wildman–Crippen MR) is 123 cm³/mol. The molecule has 0 radical (unpaired) electrons. The van der Waals surface area contributed by atoms with Crippen LogP contribution in [-0.4, -0.2) is 65.2 Å². The van der Waals surface area contributed by atoms with Gasteiger partial charge in [0.05, 0.1) is 11.7 Å². The number of amides is 1. The van der Waals surface area contributed by atoms with Crippen LogP contribution < -0.4 is 4.74 Å². The smallest absolute Gasteiger partial charge is 0.278 e. The van der Waals surface area contributed by atoms with Crippen molar-refractivity contribution in [3.05, 3.63) is 10.6 Å². The average molecular weight is 484 g/mol. The SMILES string of the molecule is CN1C(=O)CCC1C(=O)CC1CCC(CCN2CCc3sc(OCC(C)(F)F)nc3C2)CC1. The standard InChI is InChI=1S/C24H35F2N3O3S/c1-24(25,26)15-32-23-27-18-14-29(12-10-21(18)33-23)11-9-16-3-5-17(6-4-16)13-20(30)19-7-8-22(31)28(19)2/h16-17,19H,3-15H2,1-2H3. The van der Waals surface area contributed by atoms with Crippen molar-refractivity contribution in [3.8, 4) is 5.19 Å². The summed E-state index contributed by atoms with van der Waals surface area (Å²) in [6, 6.07) is -0.200. The molecule has 0 aromatic carbocycles. The molecule has 1 unspecified atom stereocenters. The number of carbonyl (C=O) groups is 2. The number of hydrogen-bond donors (Lipinski definition) is 0. The Balaban J connectivity index is 1.16. The van der Waals surface area contributed by atoms with E-state index in [9.17, 15) is 18.4 Å². The summed E-state index contributed by atoms with van der Waals surface area (Å²) in [5.74, 6) is -1.37. The molecule has 1 aliphatic carbocycles. The predicted octanol–water partition coefficient (Wildman–Crippen LogP) is 4.31. The quantitative estimate of drug-likeness (QED) is 0.524. The molecule has 9 heteroatoms. The molecule has 33 heavy (non-hydrogen) atoms. The van der Waals surface area contributed by atoms with E-state index < -0.39 is 12.5 Å². The number of rotatable bonds is 9. The molecule has 184 valence electrons. The molecule has 1 atom stereocenters. The Hall–Kier alpha value is -1.61. The lowest BCUT2D eigenvalue weighted by molar-refractivity contribution is -0.133. The first-order valence-electron chi connectivity index (χ1n) is 12.2. The highest BCUT2D eigenvalue weighted by Crippen LogP contribution is 2.35. The van der Waals surface area contributed by atoms with Crippen molar-refractivity contribution in [1.29, 1.82) is 0 Å². The van der Waals surface area contributed by atoms with E-state index in [-0.39, 0.29) is 17.7 Å². The lowest BCUT2D eigenvalue weighted by Crippen LogP contribution is -2.36. The van der Waals surface area contributed by atoms with E-state index in [4.69, 9.17) is 4.74 Å². The first kappa shape index (κ1) is 24.5. The van der Waals surface area contributed by atoms with Crippen LogP contribution in [-0.2, 0) is 22.6 Å². The molecular formula is C24H35F2N3O3S. The van der Waals surface area contributed by atoms with Crippen LogP contribution >= 0.6 is 11.3 Å². The lowest BCUT2D eigenvalue weighted by atomic mass is 9.78. The molecule has 1 aromatic heterocycles. The van der Waals surface area contributed by atoms with Crippen LogP contribution in [0.25, 0.3) is 0 Å². The number of ketones is 1. The largest absolute Gasteiger partial charge is 0.464 e. The lowest BCUT2D eigenvalue weighted by Gasteiger charge is -2.32. The normalized spacial score (nSPS) is 26.5. The Morgan fingerprint density at radius 3 is 2.58 bits per heavy atom. The third kappa shape index (κ3) is 6.50. The zero-order valence-corrected chi connectivity index (χ0v) is 20.5.